The number of hydrazone groups is 1. The van der Waals surface area contributed by atoms with Crippen molar-refractivity contribution in [1.29, 1.82) is 0 Å². The van der Waals surface area contributed by atoms with Crippen molar-refractivity contribution >= 4 is 40.6 Å². The third kappa shape index (κ3) is 7.44. The molecule has 0 atom stereocenters. The standard InChI is InChI=1S/C24H21ClF3N5O3/c1-3-14(2)32-33-22(34)21-13-18(10-11-29-21)36-17-7-4-15(5-8-17)30-23(35)31-16-6-9-20(25)19(12-16)24(26,27)28/h4-13H,3H2,1-2H3,(H,33,34)(H2,30,31,35)/b32-14+. The van der Waals surface area contributed by atoms with E-state index in [4.69, 9.17) is 16.3 Å². The maximum absolute atomic E-state index is 13.0. The number of halogens is 4. The first-order valence-electron chi connectivity index (χ1n) is 10.6. The predicted octanol–water partition coefficient (Wildman–Crippen LogP) is 6.71. The lowest BCUT2D eigenvalue weighted by Gasteiger charge is -2.12. The monoisotopic (exact) mass is 519 g/mol. The number of carbonyl (C=O) groups excluding carboxylic acids is 2. The Morgan fingerprint density at radius 1 is 1.00 bits per heavy atom. The molecule has 0 unspecified atom stereocenters. The molecule has 0 fully saturated rings. The third-order valence-corrected chi connectivity index (χ3v) is 5.03. The summed E-state index contributed by atoms with van der Waals surface area (Å²) in [6.07, 6.45) is -2.53. The Kier molecular flexibility index (Phi) is 8.49. The summed E-state index contributed by atoms with van der Waals surface area (Å²) in [6, 6.07) is 11.5. The molecule has 8 nitrogen and oxygen atoms in total. The van der Waals surface area contributed by atoms with E-state index in [0.717, 1.165) is 17.8 Å². The summed E-state index contributed by atoms with van der Waals surface area (Å²) in [4.78, 5) is 28.4. The van der Waals surface area contributed by atoms with E-state index in [1.165, 1.54) is 30.5 Å². The van der Waals surface area contributed by atoms with E-state index in [0.29, 0.717) is 23.6 Å². The van der Waals surface area contributed by atoms with Gasteiger partial charge in [0.2, 0.25) is 0 Å². The Morgan fingerprint density at radius 2 is 1.67 bits per heavy atom. The second kappa shape index (κ2) is 11.5. The van der Waals surface area contributed by atoms with Gasteiger partial charge in [-0.3, -0.25) is 9.78 Å². The van der Waals surface area contributed by atoms with E-state index in [-0.39, 0.29) is 11.4 Å². The highest BCUT2D eigenvalue weighted by Crippen LogP contribution is 2.36. The fraction of sp³-hybridized carbons (Fsp3) is 0.167. The van der Waals surface area contributed by atoms with Gasteiger partial charge < -0.3 is 15.4 Å². The number of nitrogens with one attached hydrogen (secondary N) is 3. The normalized spacial score (nSPS) is 11.6. The average Bonchev–Trinajstić information content (AvgIpc) is 2.84. The number of amides is 3. The lowest BCUT2D eigenvalue weighted by Crippen LogP contribution is -2.20. The van der Waals surface area contributed by atoms with Gasteiger partial charge in [-0.25, -0.2) is 10.2 Å². The Morgan fingerprint density at radius 3 is 2.33 bits per heavy atom. The van der Waals surface area contributed by atoms with Crippen molar-refractivity contribution in [1.82, 2.24) is 10.4 Å². The Labute approximate surface area is 209 Å². The summed E-state index contributed by atoms with van der Waals surface area (Å²) in [6.45, 7) is 3.70. The number of ether oxygens (including phenoxy) is 1. The number of aromatic nitrogens is 1. The fourth-order valence-corrected chi connectivity index (χ4v) is 2.96. The van der Waals surface area contributed by atoms with Crippen LogP contribution in [0, 0.1) is 0 Å². The number of rotatable bonds is 7. The van der Waals surface area contributed by atoms with Crippen LogP contribution in [-0.2, 0) is 6.18 Å². The van der Waals surface area contributed by atoms with Crippen molar-refractivity contribution in [2.45, 2.75) is 26.4 Å². The predicted molar refractivity (Wildman–Crippen MR) is 131 cm³/mol. The number of carbonyl (C=O) groups is 2. The maximum Gasteiger partial charge on any atom is 0.417 e. The third-order valence-electron chi connectivity index (χ3n) is 4.70. The molecule has 0 saturated carbocycles. The molecule has 12 heteroatoms. The number of hydrogen-bond donors (Lipinski definition) is 3. The van der Waals surface area contributed by atoms with E-state index in [1.54, 1.807) is 25.1 Å². The summed E-state index contributed by atoms with van der Waals surface area (Å²) in [7, 11) is 0. The number of pyridine rings is 1. The summed E-state index contributed by atoms with van der Waals surface area (Å²) in [5, 5.41) is 8.32. The first kappa shape index (κ1) is 26.5. The van der Waals surface area contributed by atoms with Gasteiger partial charge in [0.15, 0.2) is 0 Å². The maximum atomic E-state index is 13.0. The molecule has 3 amide bonds. The van der Waals surface area contributed by atoms with Crippen LogP contribution in [0.3, 0.4) is 0 Å². The minimum absolute atomic E-state index is 0.0720. The van der Waals surface area contributed by atoms with Gasteiger partial charge in [0, 0.05) is 29.3 Å². The fourth-order valence-electron chi connectivity index (χ4n) is 2.74. The SMILES string of the molecule is CC/C(C)=N/NC(=O)c1cc(Oc2ccc(NC(=O)Nc3ccc(Cl)c(C(F)(F)F)c3)cc2)ccn1. The lowest BCUT2D eigenvalue weighted by molar-refractivity contribution is -0.137. The topological polar surface area (TPSA) is 105 Å². The molecular weight excluding hydrogens is 499 g/mol. The molecule has 1 aromatic heterocycles. The van der Waals surface area contributed by atoms with Crippen molar-refractivity contribution in [3.05, 3.63) is 77.1 Å². The number of urea groups is 1. The number of nitrogens with zero attached hydrogens (tertiary/aromatic N) is 2. The molecule has 0 aliphatic heterocycles. The zero-order valence-electron chi connectivity index (χ0n) is 19.1. The van der Waals surface area contributed by atoms with Gasteiger partial charge >= 0.3 is 12.2 Å². The smallest absolute Gasteiger partial charge is 0.417 e. The van der Waals surface area contributed by atoms with Crippen LogP contribution < -0.4 is 20.8 Å². The Balaban J connectivity index is 1.60. The van der Waals surface area contributed by atoms with Gasteiger partial charge in [-0.05, 0) is 61.9 Å². The van der Waals surface area contributed by atoms with Crippen molar-refractivity contribution in [2.75, 3.05) is 10.6 Å². The van der Waals surface area contributed by atoms with Crippen molar-refractivity contribution in [2.24, 2.45) is 5.10 Å². The summed E-state index contributed by atoms with van der Waals surface area (Å²) in [5.41, 5.74) is 2.54. The van der Waals surface area contributed by atoms with E-state index >= 15 is 0 Å². The highest BCUT2D eigenvalue weighted by molar-refractivity contribution is 6.31. The van der Waals surface area contributed by atoms with Gasteiger partial charge in [-0.15, -0.1) is 0 Å². The number of anilines is 2. The van der Waals surface area contributed by atoms with Crippen molar-refractivity contribution in [3.63, 3.8) is 0 Å². The van der Waals surface area contributed by atoms with Crippen LogP contribution in [0.5, 0.6) is 11.5 Å². The molecule has 0 aliphatic rings. The molecule has 3 rings (SSSR count). The molecule has 0 radical (unpaired) electrons. The van der Waals surface area contributed by atoms with Crippen molar-refractivity contribution < 1.29 is 27.5 Å². The zero-order valence-corrected chi connectivity index (χ0v) is 19.9. The van der Waals surface area contributed by atoms with Gasteiger partial charge in [-0.2, -0.15) is 18.3 Å². The van der Waals surface area contributed by atoms with Crippen LogP contribution in [-0.4, -0.2) is 22.6 Å². The number of alkyl halides is 3. The van der Waals surface area contributed by atoms with Gasteiger partial charge in [0.05, 0.1) is 10.6 Å². The van der Waals surface area contributed by atoms with Crippen LogP contribution in [0.25, 0.3) is 0 Å². The highest BCUT2D eigenvalue weighted by atomic mass is 35.5. The van der Waals surface area contributed by atoms with E-state index < -0.39 is 28.7 Å². The lowest BCUT2D eigenvalue weighted by atomic mass is 10.2. The number of hydrogen-bond acceptors (Lipinski definition) is 5. The minimum atomic E-state index is -4.65. The van der Waals surface area contributed by atoms with E-state index in [2.05, 4.69) is 26.1 Å². The molecule has 0 spiro atoms. The van der Waals surface area contributed by atoms with Gasteiger partial charge in [-0.1, -0.05) is 18.5 Å². The second-order valence-electron chi connectivity index (χ2n) is 7.42. The first-order valence-corrected chi connectivity index (χ1v) is 10.9. The van der Waals surface area contributed by atoms with Crippen LogP contribution in [0.1, 0.15) is 36.3 Å². The average molecular weight is 520 g/mol. The Hall–Kier alpha value is -4.12. The highest BCUT2D eigenvalue weighted by Gasteiger charge is 2.33. The molecule has 0 bridgehead atoms. The van der Waals surface area contributed by atoms with Gasteiger partial charge in [0.25, 0.3) is 5.91 Å². The molecule has 0 saturated heterocycles. The molecule has 188 valence electrons. The summed E-state index contributed by atoms with van der Waals surface area (Å²) in [5.74, 6) is 0.278. The van der Waals surface area contributed by atoms with Crippen LogP contribution in [0.2, 0.25) is 5.02 Å². The largest absolute Gasteiger partial charge is 0.457 e. The van der Waals surface area contributed by atoms with Gasteiger partial charge in [0.1, 0.15) is 17.2 Å². The zero-order chi connectivity index (χ0) is 26.3. The second-order valence-corrected chi connectivity index (χ2v) is 7.82. The van der Waals surface area contributed by atoms with Crippen LogP contribution in [0.15, 0.2) is 65.9 Å². The molecule has 3 N–H and O–H groups in total. The summed E-state index contributed by atoms with van der Waals surface area (Å²) >= 11 is 5.59. The minimum Gasteiger partial charge on any atom is -0.457 e. The molecule has 36 heavy (non-hydrogen) atoms. The van der Waals surface area contributed by atoms with E-state index in [9.17, 15) is 22.8 Å². The molecular formula is C24H21ClF3N5O3. The quantitative estimate of drug-likeness (QED) is 0.238. The molecule has 2 aromatic carbocycles. The number of benzene rings is 2. The molecule has 3 aromatic rings. The summed E-state index contributed by atoms with van der Waals surface area (Å²) < 4.78 is 44.7. The van der Waals surface area contributed by atoms with E-state index in [1.807, 2.05) is 6.92 Å². The first-order chi connectivity index (χ1) is 17.0. The van der Waals surface area contributed by atoms with Crippen LogP contribution >= 0.6 is 11.6 Å². The molecule has 1 heterocycles. The van der Waals surface area contributed by atoms with Crippen LogP contribution in [0.4, 0.5) is 29.3 Å². The molecule has 0 aliphatic carbocycles. The Bertz CT molecular complexity index is 1280. The van der Waals surface area contributed by atoms with Crippen molar-refractivity contribution in [3.8, 4) is 11.5 Å².